The second-order valence-corrected chi connectivity index (χ2v) is 4.26. The van der Waals surface area contributed by atoms with E-state index in [0.29, 0.717) is 0 Å². The Labute approximate surface area is 101 Å². The molecule has 0 bridgehead atoms. The van der Waals surface area contributed by atoms with Crippen LogP contribution in [-0.2, 0) is 4.79 Å². The zero-order valence-corrected chi connectivity index (χ0v) is 10.1. The Hall–Kier alpha value is -1.56. The maximum atomic E-state index is 11.8. The normalized spacial score (nSPS) is 19.9. The van der Waals surface area contributed by atoms with Crippen molar-refractivity contribution in [3.8, 4) is 0 Å². The maximum absolute atomic E-state index is 11.8. The van der Waals surface area contributed by atoms with Crippen LogP contribution in [0.4, 0.5) is 4.79 Å². The third-order valence-electron chi connectivity index (χ3n) is 2.68. The largest absolute Gasteiger partial charge is 0.480 e. The highest BCUT2D eigenvalue weighted by Gasteiger charge is 2.23. The van der Waals surface area contributed by atoms with Gasteiger partial charge in [-0.3, -0.25) is 4.79 Å². The molecule has 6 heteroatoms. The monoisotopic (exact) mass is 241 g/mol. The van der Waals surface area contributed by atoms with Crippen molar-refractivity contribution >= 4 is 12.0 Å². The highest BCUT2D eigenvalue weighted by molar-refractivity contribution is 5.80. The van der Waals surface area contributed by atoms with E-state index in [1.807, 2.05) is 7.05 Å². The Morgan fingerprint density at radius 1 is 1.65 bits per heavy atom. The summed E-state index contributed by atoms with van der Waals surface area (Å²) in [7, 11) is 1.99. The summed E-state index contributed by atoms with van der Waals surface area (Å²) in [4.78, 5) is 25.8. The van der Waals surface area contributed by atoms with Crippen molar-refractivity contribution in [1.82, 2.24) is 15.1 Å². The standard InChI is InChI=1S/C11H19N3O3/c1-3-5-14(8-10(15)16)11(17)12-9-4-6-13(2)7-9/h3,9H,1,4-8H2,2H3,(H,12,17)(H,15,16). The second-order valence-electron chi connectivity index (χ2n) is 4.26. The first-order chi connectivity index (χ1) is 8.02. The molecule has 1 atom stereocenters. The van der Waals surface area contributed by atoms with Crippen LogP contribution in [0.25, 0.3) is 0 Å². The van der Waals surface area contributed by atoms with Crippen molar-refractivity contribution in [2.45, 2.75) is 12.5 Å². The van der Waals surface area contributed by atoms with E-state index >= 15 is 0 Å². The fourth-order valence-electron chi connectivity index (χ4n) is 1.86. The van der Waals surface area contributed by atoms with Gasteiger partial charge in [0.05, 0.1) is 0 Å². The number of nitrogens with one attached hydrogen (secondary N) is 1. The van der Waals surface area contributed by atoms with Crippen molar-refractivity contribution in [3.05, 3.63) is 12.7 Å². The zero-order valence-electron chi connectivity index (χ0n) is 10.1. The first-order valence-corrected chi connectivity index (χ1v) is 5.59. The molecule has 0 saturated carbocycles. The van der Waals surface area contributed by atoms with Crippen molar-refractivity contribution in [1.29, 1.82) is 0 Å². The molecule has 1 fully saturated rings. The third kappa shape index (κ3) is 4.44. The highest BCUT2D eigenvalue weighted by atomic mass is 16.4. The van der Waals surface area contributed by atoms with Crippen molar-refractivity contribution in [2.24, 2.45) is 0 Å². The van der Waals surface area contributed by atoms with E-state index in [0.717, 1.165) is 19.5 Å². The van der Waals surface area contributed by atoms with Gasteiger partial charge in [0.1, 0.15) is 6.54 Å². The Morgan fingerprint density at radius 2 is 2.35 bits per heavy atom. The summed E-state index contributed by atoms with van der Waals surface area (Å²) in [6.45, 7) is 5.20. The molecule has 2 N–H and O–H groups in total. The van der Waals surface area contributed by atoms with Crippen LogP contribution in [0.3, 0.4) is 0 Å². The lowest BCUT2D eigenvalue weighted by molar-refractivity contribution is -0.137. The molecule has 0 aromatic rings. The van der Waals surface area contributed by atoms with Gasteiger partial charge >= 0.3 is 12.0 Å². The van der Waals surface area contributed by atoms with Crippen LogP contribution in [0.2, 0.25) is 0 Å². The van der Waals surface area contributed by atoms with Crippen LogP contribution in [0.5, 0.6) is 0 Å². The van der Waals surface area contributed by atoms with E-state index in [-0.39, 0.29) is 25.2 Å². The Morgan fingerprint density at radius 3 is 2.82 bits per heavy atom. The number of rotatable bonds is 5. The minimum atomic E-state index is -1.02. The van der Waals surface area contributed by atoms with E-state index in [1.54, 1.807) is 0 Å². The van der Waals surface area contributed by atoms with Crippen LogP contribution in [0, 0.1) is 0 Å². The van der Waals surface area contributed by atoms with Crippen LogP contribution >= 0.6 is 0 Å². The first-order valence-electron chi connectivity index (χ1n) is 5.59. The smallest absolute Gasteiger partial charge is 0.323 e. The third-order valence-corrected chi connectivity index (χ3v) is 2.68. The zero-order chi connectivity index (χ0) is 12.8. The number of hydrogen-bond acceptors (Lipinski definition) is 3. The highest BCUT2D eigenvalue weighted by Crippen LogP contribution is 2.06. The van der Waals surface area contributed by atoms with Gasteiger partial charge < -0.3 is 20.2 Å². The van der Waals surface area contributed by atoms with Gasteiger partial charge in [-0.25, -0.2) is 4.79 Å². The van der Waals surface area contributed by atoms with Gasteiger partial charge in [-0.2, -0.15) is 0 Å². The van der Waals surface area contributed by atoms with Crippen molar-refractivity contribution in [2.75, 3.05) is 33.2 Å². The van der Waals surface area contributed by atoms with Gasteiger partial charge in [-0.05, 0) is 20.0 Å². The second kappa shape index (κ2) is 6.24. The average Bonchev–Trinajstić information content (AvgIpc) is 2.62. The van der Waals surface area contributed by atoms with Gasteiger partial charge in [0.25, 0.3) is 0 Å². The molecule has 1 aliphatic heterocycles. The quantitative estimate of drug-likeness (QED) is 0.663. The molecule has 0 aromatic heterocycles. The van der Waals surface area contributed by atoms with E-state index in [9.17, 15) is 9.59 Å². The predicted molar refractivity (Wildman–Crippen MR) is 63.8 cm³/mol. The van der Waals surface area contributed by atoms with E-state index in [4.69, 9.17) is 5.11 Å². The minimum absolute atomic E-state index is 0.105. The molecule has 96 valence electrons. The van der Waals surface area contributed by atoms with Crippen LogP contribution < -0.4 is 5.32 Å². The van der Waals surface area contributed by atoms with E-state index < -0.39 is 5.97 Å². The molecule has 0 aromatic carbocycles. The molecule has 1 aliphatic rings. The minimum Gasteiger partial charge on any atom is -0.480 e. The molecule has 1 unspecified atom stereocenters. The van der Waals surface area contributed by atoms with E-state index in [2.05, 4.69) is 16.8 Å². The summed E-state index contributed by atoms with van der Waals surface area (Å²) in [5.74, 6) is -1.02. The molecule has 0 aliphatic carbocycles. The molecule has 6 nitrogen and oxygen atoms in total. The fraction of sp³-hybridized carbons (Fsp3) is 0.636. The van der Waals surface area contributed by atoms with E-state index in [1.165, 1.54) is 11.0 Å². The van der Waals surface area contributed by atoms with Gasteiger partial charge in [0.2, 0.25) is 0 Å². The lowest BCUT2D eigenvalue weighted by atomic mass is 10.3. The Bertz CT molecular complexity index is 306. The molecule has 2 amide bonds. The number of amides is 2. The molecule has 17 heavy (non-hydrogen) atoms. The Kier molecular flexibility index (Phi) is 4.96. The summed E-state index contributed by atoms with van der Waals surface area (Å²) >= 11 is 0. The molecule has 1 rings (SSSR count). The first kappa shape index (κ1) is 13.5. The maximum Gasteiger partial charge on any atom is 0.323 e. The summed E-state index contributed by atoms with van der Waals surface area (Å²) in [5, 5.41) is 11.5. The molecule has 1 saturated heterocycles. The number of likely N-dealkylation sites (N-methyl/N-ethyl adjacent to an activating group) is 1. The number of aliphatic carboxylic acids is 1. The van der Waals surface area contributed by atoms with Gasteiger partial charge in [0, 0.05) is 19.1 Å². The number of carboxylic acid groups (broad SMARTS) is 1. The van der Waals surface area contributed by atoms with Crippen molar-refractivity contribution in [3.63, 3.8) is 0 Å². The predicted octanol–water partition coefficient (Wildman–Crippen LogP) is -0.0273. The van der Waals surface area contributed by atoms with Crippen LogP contribution in [0.1, 0.15) is 6.42 Å². The topological polar surface area (TPSA) is 72.9 Å². The molecule has 0 spiro atoms. The summed E-state index contributed by atoms with van der Waals surface area (Å²) < 4.78 is 0. The number of nitrogens with zero attached hydrogens (tertiary/aromatic N) is 2. The molecular formula is C11H19N3O3. The number of carbonyl (C=O) groups excluding carboxylic acids is 1. The average molecular weight is 241 g/mol. The van der Waals surface area contributed by atoms with Gasteiger partial charge in [0.15, 0.2) is 0 Å². The fourth-order valence-corrected chi connectivity index (χ4v) is 1.86. The summed E-state index contributed by atoms with van der Waals surface area (Å²) in [5.41, 5.74) is 0. The Balaban J connectivity index is 2.46. The summed E-state index contributed by atoms with van der Waals surface area (Å²) in [6, 6.07) is -0.235. The molecular weight excluding hydrogens is 222 g/mol. The summed E-state index contributed by atoms with van der Waals surface area (Å²) in [6.07, 6.45) is 2.42. The van der Waals surface area contributed by atoms with Gasteiger partial charge in [-0.1, -0.05) is 6.08 Å². The SMILES string of the molecule is C=CCN(CC(=O)O)C(=O)NC1CCN(C)C1. The lowest BCUT2D eigenvalue weighted by Crippen LogP contribution is -2.47. The molecule has 0 radical (unpaired) electrons. The van der Waals surface area contributed by atoms with Gasteiger partial charge in [-0.15, -0.1) is 6.58 Å². The van der Waals surface area contributed by atoms with Crippen LogP contribution in [-0.4, -0.2) is 66.2 Å². The number of likely N-dealkylation sites (tertiary alicyclic amines) is 1. The molecule has 1 heterocycles. The number of carbonyl (C=O) groups is 2. The van der Waals surface area contributed by atoms with Crippen LogP contribution in [0.15, 0.2) is 12.7 Å². The number of urea groups is 1. The number of hydrogen-bond donors (Lipinski definition) is 2. The lowest BCUT2D eigenvalue weighted by Gasteiger charge is -2.22. The van der Waals surface area contributed by atoms with Crippen molar-refractivity contribution < 1.29 is 14.7 Å². The number of carboxylic acids is 1.